The number of aliphatic hydroxyl groups excluding tert-OH is 1. The number of nitrogens with one attached hydrogen (secondary N) is 1. The third-order valence-electron chi connectivity index (χ3n) is 1.23. The highest BCUT2D eigenvalue weighted by Crippen LogP contribution is 1.92. The van der Waals surface area contributed by atoms with Crippen molar-refractivity contribution >= 4 is 12.0 Å². The van der Waals surface area contributed by atoms with Crippen molar-refractivity contribution in [2.75, 3.05) is 13.2 Å². The molecule has 0 saturated heterocycles. The van der Waals surface area contributed by atoms with Gasteiger partial charge in [-0.05, 0) is 6.08 Å². The quantitative estimate of drug-likeness (QED) is 0.506. The van der Waals surface area contributed by atoms with Crippen LogP contribution < -0.4 is 0 Å². The van der Waals surface area contributed by atoms with E-state index in [9.17, 15) is 4.79 Å². The Labute approximate surface area is 75.1 Å². The maximum Gasteiger partial charge on any atom is 0.330 e. The number of hydrogen-bond donors (Lipinski definition) is 2. The van der Waals surface area contributed by atoms with Crippen molar-refractivity contribution in [1.29, 1.82) is 0 Å². The number of carbonyl (C=O) groups is 1. The molecule has 13 heavy (non-hydrogen) atoms. The number of imidazole rings is 1. The van der Waals surface area contributed by atoms with Gasteiger partial charge in [-0.2, -0.15) is 0 Å². The Kier molecular flexibility index (Phi) is 3.72. The van der Waals surface area contributed by atoms with E-state index in [0.29, 0.717) is 5.82 Å². The summed E-state index contributed by atoms with van der Waals surface area (Å²) in [4.78, 5) is 17.5. The molecule has 0 aromatic carbocycles. The number of rotatable bonds is 4. The molecule has 0 saturated carbocycles. The maximum absolute atomic E-state index is 10.8. The topological polar surface area (TPSA) is 75.2 Å². The third-order valence-corrected chi connectivity index (χ3v) is 1.23. The number of aromatic amines is 1. The first-order chi connectivity index (χ1) is 6.33. The van der Waals surface area contributed by atoms with E-state index in [4.69, 9.17) is 5.11 Å². The van der Waals surface area contributed by atoms with Gasteiger partial charge in [-0.1, -0.05) is 0 Å². The second-order valence-corrected chi connectivity index (χ2v) is 2.20. The number of esters is 1. The molecule has 0 aliphatic heterocycles. The number of aliphatic hydroxyl groups is 1. The molecule has 0 bridgehead atoms. The molecule has 0 radical (unpaired) electrons. The fraction of sp³-hybridized carbons (Fsp3) is 0.250. The number of nitrogens with zero attached hydrogens (tertiary/aromatic N) is 1. The highest BCUT2D eigenvalue weighted by Gasteiger charge is 1.95. The lowest BCUT2D eigenvalue weighted by molar-refractivity contribution is -0.138. The number of ether oxygens (including phenoxy) is 1. The van der Waals surface area contributed by atoms with E-state index in [1.165, 1.54) is 12.2 Å². The molecule has 2 N–H and O–H groups in total. The number of H-pyrrole nitrogens is 1. The van der Waals surface area contributed by atoms with Crippen LogP contribution in [0.5, 0.6) is 0 Å². The summed E-state index contributed by atoms with van der Waals surface area (Å²) in [7, 11) is 0. The average molecular weight is 182 g/mol. The molecular formula is C8H10N2O3. The van der Waals surface area contributed by atoms with E-state index >= 15 is 0 Å². The molecule has 0 unspecified atom stereocenters. The first kappa shape index (κ1) is 9.47. The normalized spacial score (nSPS) is 10.5. The van der Waals surface area contributed by atoms with Crippen molar-refractivity contribution in [1.82, 2.24) is 9.97 Å². The highest BCUT2D eigenvalue weighted by atomic mass is 16.5. The Morgan fingerprint density at radius 1 is 1.77 bits per heavy atom. The van der Waals surface area contributed by atoms with Crippen molar-refractivity contribution in [3.8, 4) is 0 Å². The second kappa shape index (κ2) is 5.10. The summed E-state index contributed by atoms with van der Waals surface area (Å²) in [5, 5.41) is 8.35. The minimum absolute atomic E-state index is 0.0152. The van der Waals surface area contributed by atoms with Gasteiger partial charge in [0.05, 0.1) is 6.61 Å². The van der Waals surface area contributed by atoms with Crippen LogP contribution in [-0.4, -0.2) is 34.3 Å². The van der Waals surface area contributed by atoms with Gasteiger partial charge in [-0.25, -0.2) is 9.78 Å². The zero-order valence-electron chi connectivity index (χ0n) is 6.93. The maximum atomic E-state index is 10.8. The van der Waals surface area contributed by atoms with Gasteiger partial charge in [0.15, 0.2) is 0 Å². The molecule has 1 aromatic rings. The Bertz CT molecular complexity index is 280. The molecule has 0 atom stereocenters. The van der Waals surface area contributed by atoms with E-state index in [1.807, 2.05) is 0 Å². The molecule has 0 aliphatic carbocycles. The monoisotopic (exact) mass is 182 g/mol. The van der Waals surface area contributed by atoms with Crippen LogP contribution in [0.1, 0.15) is 5.82 Å². The SMILES string of the molecule is O=C(C=Cc1ncc[nH]1)OCCO. The zero-order chi connectivity index (χ0) is 9.52. The van der Waals surface area contributed by atoms with Crippen LogP contribution in [0.3, 0.4) is 0 Å². The lowest BCUT2D eigenvalue weighted by atomic mass is 10.5. The van der Waals surface area contributed by atoms with E-state index in [0.717, 1.165) is 0 Å². The lowest BCUT2D eigenvalue weighted by Crippen LogP contribution is -2.04. The largest absolute Gasteiger partial charge is 0.460 e. The highest BCUT2D eigenvalue weighted by molar-refractivity contribution is 5.86. The van der Waals surface area contributed by atoms with E-state index < -0.39 is 5.97 Å². The van der Waals surface area contributed by atoms with Crippen molar-refractivity contribution in [2.45, 2.75) is 0 Å². The Morgan fingerprint density at radius 3 is 3.23 bits per heavy atom. The van der Waals surface area contributed by atoms with E-state index in [-0.39, 0.29) is 13.2 Å². The van der Waals surface area contributed by atoms with Crippen LogP contribution >= 0.6 is 0 Å². The Balaban J connectivity index is 2.35. The number of carbonyl (C=O) groups excluding carboxylic acids is 1. The first-order valence-corrected chi connectivity index (χ1v) is 3.78. The summed E-state index contributed by atoms with van der Waals surface area (Å²) < 4.78 is 4.57. The van der Waals surface area contributed by atoms with Crippen molar-refractivity contribution in [3.05, 3.63) is 24.3 Å². The van der Waals surface area contributed by atoms with Crippen molar-refractivity contribution in [3.63, 3.8) is 0 Å². The van der Waals surface area contributed by atoms with Crippen LogP contribution in [0.25, 0.3) is 6.08 Å². The van der Waals surface area contributed by atoms with Gasteiger partial charge in [-0.3, -0.25) is 0 Å². The van der Waals surface area contributed by atoms with Gasteiger partial charge in [0.2, 0.25) is 0 Å². The fourth-order valence-electron chi connectivity index (χ4n) is 0.710. The van der Waals surface area contributed by atoms with Crippen LogP contribution in [-0.2, 0) is 9.53 Å². The fourth-order valence-corrected chi connectivity index (χ4v) is 0.710. The molecular weight excluding hydrogens is 172 g/mol. The van der Waals surface area contributed by atoms with Crippen molar-refractivity contribution < 1.29 is 14.6 Å². The van der Waals surface area contributed by atoms with Gasteiger partial charge in [0.1, 0.15) is 12.4 Å². The van der Waals surface area contributed by atoms with Gasteiger partial charge >= 0.3 is 5.97 Å². The smallest absolute Gasteiger partial charge is 0.330 e. The van der Waals surface area contributed by atoms with Gasteiger partial charge in [0.25, 0.3) is 0 Å². The Morgan fingerprint density at radius 2 is 2.62 bits per heavy atom. The summed E-state index contributed by atoms with van der Waals surface area (Å²) in [5.74, 6) is 0.0893. The molecule has 0 spiro atoms. The van der Waals surface area contributed by atoms with Crippen LogP contribution in [0.2, 0.25) is 0 Å². The summed E-state index contributed by atoms with van der Waals surface area (Å²) in [6.45, 7) is -0.151. The summed E-state index contributed by atoms with van der Waals surface area (Å²) >= 11 is 0. The minimum atomic E-state index is -0.495. The molecule has 0 fully saturated rings. The van der Waals surface area contributed by atoms with Crippen LogP contribution in [0.15, 0.2) is 18.5 Å². The number of hydrogen-bond acceptors (Lipinski definition) is 4. The van der Waals surface area contributed by atoms with Crippen LogP contribution in [0, 0.1) is 0 Å². The van der Waals surface area contributed by atoms with Crippen molar-refractivity contribution in [2.24, 2.45) is 0 Å². The molecule has 5 nitrogen and oxygen atoms in total. The van der Waals surface area contributed by atoms with Crippen LogP contribution in [0.4, 0.5) is 0 Å². The number of aromatic nitrogens is 2. The predicted molar refractivity (Wildman–Crippen MR) is 45.7 cm³/mol. The average Bonchev–Trinajstić information content (AvgIpc) is 2.64. The van der Waals surface area contributed by atoms with Gasteiger partial charge < -0.3 is 14.8 Å². The Hall–Kier alpha value is -1.62. The zero-order valence-corrected chi connectivity index (χ0v) is 6.93. The molecule has 1 rings (SSSR count). The second-order valence-electron chi connectivity index (χ2n) is 2.20. The molecule has 0 amide bonds. The lowest BCUT2D eigenvalue weighted by Gasteiger charge is -1.95. The predicted octanol–water partition coefficient (Wildman–Crippen LogP) is -0.0416. The van der Waals surface area contributed by atoms with Gasteiger partial charge in [-0.15, -0.1) is 0 Å². The van der Waals surface area contributed by atoms with Gasteiger partial charge in [0, 0.05) is 18.5 Å². The standard InChI is InChI=1S/C8H10N2O3/c11-5-6-13-8(12)2-1-7-9-3-4-10-7/h1-4,11H,5-6H2,(H,9,10). The molecule has 1 aromatic heterocycles. The third kappa shape index (κ3) is 3.53. The summed E-state index contributed by atoms with van der Waals surface area (Å²) in [6, 6.07) is 0. The van der Waals surface area contributed by atoms with E-state index in [1.54, 1.807) is 12.4 Å². The van der Waals surface area contributed by atoms with E-state index in [2.05, 4.69) is 14.7 Å². The molecule has 1 heterocycles. The first-order valence-electron chi connectivity index (χ1n) is 3.78. The summed E-state index contributed by atoms with van der Waals surface area (Å²) in [5.41, 5.74) is 0. The molecule has 5 heteroatoms. The molecule has 70 valence electrons. The minimum Gasteiger partial charge on any atom is -0.460 e. The molecule has 0 aliphatic rings. The summed E-state index contributed by atoms with van der Waals surface area (Å²) in [6.07, 6.45) is 5.98.